The van der Waals surface area contributed by atoms with Gasteiger partial charge in [0.25, 0.3) is 0 Å². The molecule has 0 bridgehead atoms. The highest BCUT2D eigenvalue weighted by Gasteiger charge is 2.32. The first kappa shape index (κ1) is 13.3. The predicted octanol–water partition coefficient (Wildman–Crippen LogP) is 3.13. The van der Waals surface area contributed by atoms with E-state index in [9.17, 15) is 18.0 Å². The predicted molar refractivity (Wildman–Crippen MR) is 59.5 cm³/mol. The van der Waals surface area contributed by atoms with Gasteiger partial charge in [-0.2, -0.15) is 13.2 Å². The Morgan fingerprint density at radius 2 is 2.11 bits per heavy atom. The minimum atomic E-state index is -4.49. The third-order valence-electron chi connectivity index (χ3n) is 2.46. The number of halogens is 3. The Morgan fingerprint density at radius 1 is 1.37 bits per heavy atom. The van der Waals surface area contributed by atoms with E-state index in [0.29, 0.717) is 18.5 Å². The van der Waals surface area contributed by atoms with Crippen LogP contribution in [0.3, 0.4) is 0 Å². The second kappa shape index (κ2) is 4.83. The molecule has 0 radical (unpaired) electrons. The van der Waals surface area contributed by atoms with Crippen LogP contribution in [-0.4, -0.2) is 16.3 Å². The van der Waals surface area contributed by atoms with Crippen LogP contribution in [0.1, 0.15) is 28.9 Å². The van der Waals surface area contributed by atoms with Crippen molar-refractivity contribution in [1.29, 1.82) is 0 Å². The standard InChI is InChI=1S/C12H9F3N2O2/c1-2-9-8(6-18)17-11(19-9)7-3-4-10(16-5-7)12(13,14)15/h3-6H,2H2,1H3. The maximum Gasteiger partial charge on any atom is 0.433 e. The number of pyridine rings is 1. The van der Waals surface area contributed by atoms with Crippen molar-refractivity contribution < 1.29 is 22.4 Å². The summed E-state index contributed by atoms with van der Waals surface area (Å²) in [6.07, 6.45) is -2.46. The van der Waals surface area contributed by atoms with Gasteiger partial charge in [-0.3, -0.25) is 9.78 Å². The van der Waals surface area contributed by atoms with Crippen molar-refractivity contribution in [3.05, 3.63) is 35.5 Å². The molecule has 0 aliphatic rings. The minimum absolute atomic E-state index is 0.0835. The maximum atomic E-state index is 12.4. The zero-order chi connectivity index (χ0) is 14.0. The summed E-state index contributed by atoms with van der Waals surface area (Å²) in [5.41, 5.74) is -0.553. The number of hydrogen-bond acceptors (Lipinski definition) is 4. The molecule has 0 unspecified atom stereocenters. The molecule has 7 heteroatoms. The number of rotatable bonds is 3. The highest BCUT2D eigenvalue weighted by molar-refractivity contribution is 5.74. The molecule has 2 rings (SSSR count). The number of carbonyl (C=O) groups is 1. The van der Waals surface area contributed by atoms with Crippen molar-refractivity contribution in [2.24, 2.45) is 0 Å². The molecule has 2 aromatic heterocycles. The normalized spacial score (nSPS) is 11.6. The van der Waals surface area contributed by atoms with Gasteiger partial charge in [0.1, 0.15) is 17.1 Å². The SMILES string of the molecule is CCc1oc(-c2ccc(C(F)(F)F)nc2)nc1C=O. The first-order valence-electron chi connectivity index (χ1n) is 5.44. The Bertz CT molecular complexity index is 588. The highest BCUT2D eigenvalue weighted by Crippen LogP contribution is 2.29. The van der Waals surface area contributed by atoms with E-state index < -0.39 is 11.9 Å². The first-order valence-corrected chi connectivity index (χ1v) is 5.44. The van der Waals surface area contributed by atoms with Crippen molar-refractivity contribution in [1.82, 2.24) is 9.97 Å². The lowest BCUT2D eigenvalue weighted by atomic mass is 10.2. The Balaban J connectivity index is 2.37. The number of oxazole rings is 1. The molecule has 0 atom stereocenters. The van der Waals surface area contributed by atoms with Crippen LogP contribution in [0.15, 0.2) is 22.7 Å². The third-order valence-corrected chi connectivity index (χ3v) is 2.46. The summed E-state index contributed by atoms with van der Waals surface area (Å²) in [5, 5.41) is 0. The zero-order valence-corrected chi connectivity index (χ0v) is 9.86. The van der Waals surface area contributed by atoms with Gasteiger partial charge in [0.15, 0.2) is 6.29 Å². The van der Waals surface area contributed by atoms with Crippen LogP contribution in [0.2, 0.25) is 0 Å². The van der Waals surface area contributed by atoms with Gasteiger partial charge in [0, 0.05) is 12.6 Å². The summed E-state index contributed by atoms with van der Waals surface area (Å²) >= 11 is 0. The van der Waals surface area contributed by atoms with Gasteiger partial charge in [-0.05, 0) is 12.1 Å². The fourth-order valence-corrected chi connectivity index (χ4v) is 1.52. The molecule has 0 aliphatic heterocycles. The van der Waals surface area contributed by atoms with Gasteiger partial charge in [0.2, 0.25) is 5.89 Å². The van der Waals surface area contributed by atoms with E-state index in [0.717, 1.165) is 12.3 Å². The van der Waals surface area contributed by atoms with Crippen LogP contribution >= 0.6 is 0 Å². The topological polar surface area (TPSA) is 56.0 Å². The van der Waals surface area contributed by atoms with Gasteiger partial charge < -0.3 is 4.42 Å². The largest absolute Gasteiger partial charge is 0.440 e. The second-order valence-corrected chi connectivity index (χ2v) is 3.73. The smallest absolute Gasteiger partial charge is 0.433 e. The molecule has 0 aliphatic carbocycles. The van der Waals surface area contributed by atoms with E-state index >= 15 is 0 Å². The number of carbonyl (C=O) groups excluding carboxylic acids is 1. The molecule has 0 aromatic carbocycles. The summed E-state index contributed by atoms with van der Waals surface area (Å²) in [4.78, 5) is 17.9. The number of aldehydes is 1. The van der Waals surface area contributed by atoms with Crippen molar-refractivity contribution in [3.8, 4) is 11.5 Å². The van der Waals surface area contributed by atoms with E-state index in [1.54, 1.807) is 6.92 Å². The first-order chi connectivity index (χ1) is 8.95. The molecular weight excluding hydrogens is 261 g/mol. The number of aromatic nitrogens is 2. The molecule has 4 nitrogen and oxygen atoms in total. The van der Waals surface area contributed by atoms with Crippen LogP contribution in [-0.2, 0) is 12.6 Å². The van der Waals surface area contributed by atoms with Gasteiger partial charge >= 0.3 is 6.18 Å². The average Bonchev–Trinajstić information content (AvgIpc) is 2.81. The number of nitrogens with zero attached hydrogens (tertiary/aromatic N) is 2. The number of aryl methyl sites for hydroxylation is 1. The molecule has 100 valence electrons. The summed E-state index contributed by atoms with van der Waals surface area (Å²) in [6, 6.07) is 2.04. The lowest BCUT2D eigenvalue weighted by molar-refractivity contribution is -0.141. The van der Waals surface area contributed by atoms with E-state index in [2.05, 4.69) is 9.97 Å². The van der Waals surface area contributed by atoms with Crippen LogP contribution < -0.4 is 0 Å². The molecule has 2 heterocycles. The molecule has 2 aromatic rings. The van der Waals surface area contributed by atoms with Crippen LogP contribution in [0.5, 0.6) is 0 Å². The molecule has 0 saturated carbocycles. The molecule has 0 N–H and O–H groups in total. The Labute approximate surface area is 106 Å². The Kier molecular flexibility index (Phi) is 3.37. The second-order valence-electron chi connectivity index (χ2n) is 3.73. The monoisotopic (exact) mass is 270 g/mol. The molecular formula is C12H9F3N2O2. The summed E-state index contributed by atoms with van der Waals surface area (Å²) in [6.45, 7) is 1.78. The van der Waals surface area contributed by atoms with Crippen molar-refractivity contribution in [2.45, 2.75) is 19.5 Å². The summed E-state index contributed by atoms with van der Waals surface area (Å²) < 4.78 is 42.4. The van der Waals surface area contributed by atoms with Crippen molar-refractivity contribution >= 4 is 6.29 Å². The van der Waals surface area contributed by atoms with Gasteiger partial charge in [-0.25, -0.2) is 4.98 Å². The van der Waals surface area contributed by atoms with Crippen LogP contribution in [0.4, 0.5) is 13.2 Å². The lowest BCUT2D eigenvalue weighted by Gasteiger charge is -2.04. The highest BCUT2D eigenvalue weighted by atomic mass is 19.4. The average molecular weight is 270 g/mol. The quantitative estimate of drug-likeness (QED) is 0.804. The molecule has 0 saturated heterocycles. The van der Waals surface area contributed by atoms with E-state index in [1.165, 1.54) is 6.07 Å². The molecule has 0 spiro atoms. The number of hydrogen-bond donors (Lipinski definition) is 0. The lowest BCUT2D eigenvalue weighted by Crippen LogP contribution is -2.07. The third kappa shape index (κ3) is 2.64. The fourth-order valence-electron chi connectivity index (χ4n) is 1.52. The van der Waals surface area contributed by atoms with E-state index in [1.807, 2.05) is 0 Å². The summed E-state index contributed by atoms with van der Waals surface area (Å²) in [7, 11) is 0. The maximum absolute atomic E-state index is 12.4. The molecule has 19 heavy (non-hydrogen) atoms. The molecule has 0 fully saturated rings. The fraction of sp³-hybridized carbons (Fsp3) is 0.250. The van der Waals surface area contributed by atoms with Crippen LogP contribution in [0, 0.1) is 0 Å². The Morgan fingerprint density at radius 3 is 2.53 bits per heavy atom. The van der Waals surface area contributed by atoms with Crippen molar-refractivity contribution in [3.63, 3.8) is 0 Å². The zero-order valence-electron chi connectivity index (χ0n) is 9.86. The van der Waals surface area contributed by atoms with Gasteiger partial charge in [0.05, 0.1) is 5.56 Å². The Hall–Kier alpha value is -2.18. The minimum Gasteiger partial charge on any atom is -0.440 e. The summed E-state index contributed by atoms with van der Waals surface area (Å²) in [5.74, 6) is 0.477. The van der Waals surface area contributed by atoms with Crippen LogP contribution in [0.25, 0.3) is 11.5 Å². The van der Waals surface area contributed by atoms with Gasteiger partial charge in [-0.15, -0.1) is 0 Å². The molecule has 0 amide bonds. The van der Waals surface area contributed by atoms with E-state index in [-0.39, 0.29) is 17.1 Å². The van der Waals surface area contributed by atoms with Gasteiger partial charge in [-0.1, -0.05) is 6.92 Å². The number of alkyl halides is 3. The van der Waals surface area contributed by atoms with E-state index in [4.69, 9.17) is 4.42 Å². The van der Waals surface area contributed by atoms with Crippen molar-refractivity contribution in [2.75, 3.05) is 0 Å².